The molecule has 1 unspecified atom stereocenters. The second-order valence-corrected chi connectivity index (χ2v) is 6.43. The molecule has 26 heavy (non-hydrogen) atoms. The number of aromatic nitrogens is 3. The molecule has 0 spiro atoms. The van der Waals surface area contributed by atoms with E-state index in [0.717, 1.165) is 24.2 Å². The molecule has 1 fully saturated rings. The van der Waals surface area contributed by atoms with Crippen LogP contribution in [0.15, 0.2) is 61.3 Å². The summed E-state index contributed by atoms with van der Waals surface area (Å²) in [6.45, 7) is 0. The SMILES string of the molecule is COc1ccc(C(NC(=O)c2ccnc(-n3ccnc3)c2)C2CC2)cc1. The Hall–Kier alpha value is -3.15. The van der Waals surface area contributed by atoms with Crippen LogP contribution in [0.3, 0.4) is 0 Å². The Labute approximate surface area is 151 Å². The number of pyridine rings is 1. The lowest BCUT2D eigenvalue weighted by Crippen LogP contribution is -2.30. The van der Waals surface area contributed by atoms with Gasteiger partial charge in [-0.25, -0.2) is 9.97 Å². The van der Waals surface area contributed by atoms with E-state index in [1.165, 1.54) is 0 Å². The van der Waals surface area contributed by atoms with Crippen molar-refractivity contribution < 1.29 is 9.53 Å². The third-order valence-corrected chi connectivity index (χ3v) is 4.63. The molecule has 1 aromatic carbocycles. The van der Waals surface area contributed by atoms with Crippen LogP contribution in [0.25, 0.3) is 5.82 Å². The lowest BCUT2D eigenvalue weighted by molar-refractivity contribution is 0.0931. The molecule has 2 heterocycles. The van der Waals surface area contributed by atoms with Crippen LogP contribution in [0.5, 0.6) is 5.75 Å². The number of hydrogen-bond acceptors (Lipinski definition) is 4. The predicted molar refractivity (Wildman–Crippen MR) is 97.3 cm³/mol. The molecule has 0 aliphatic heterocycles. The van der Waals surface area contributed by atoms with Crippen molar-refractivity contribution in [1.29, 1.82) is 0 Å². The minimum absolute atomic E-state index is 0.0123. The van der Waals surface area contributed by atoms with Gasteiger partial charge in [-0.3, -0.25) is 9.36 Å². The van der Waals surface area contributed by atoms with Gasteiger partial charge in [0.25, 0.3) is 5.91 Å². The van der Waals surface area contributed by atoms with E-state index < -0.39 is 0 Å². The van der Waals surface area contributed by atoms with Crippen molar-refractivity contribution in [3.63, 3.8) is 0 Å². The fourth-order valence-electron chi connectivity index (χ4n) is 3.03. The maximum Gasteiger partial charge on any atom is 0.251 e. The number of carbonyl (C=O) groups excluding carboxylic acids is 1. The monoisotopic (exact) mass is 348 g/mol. The van der Waals surface area contributed by atoms with E-state index in [2.05, 4.69) is 15.3 Å². The third kappa shape index (κ3) is 3.44. The number of hydrogen-bond donors (Lipinski definition) is 1. The molecule has 0 bridgehead atoms. The minimum atomic E-state index is -0.0958. The lowest BCUT2D eigenvalue weighted by atomic mass is 10.0. The number of carbonyl (C=O) groups is 1. The number of nitrogens with one attached hydrogen (secondary N) is 1. The number of methoxy groups -OCH3 is 1. The highest BCUT2D eigenvalue weighted by atomic mass is 16.5. The number of benzene rings is 1. The first kappa shape index (κ1) is 16.3. The minimum Gasteiger partial charge on any atom is -0.497 e. The summed E-state index contributed by atoms with van der Waals surface area (Å²) in [5.74, 6) is 1.88. The van der Waals surface area contributed by atoms with E-state index in [-0.39, 0.29) is 11.9 Å². The molecule has 1 N–H and O–H groups in total. The number of nitrogens with zero attached hydrogens (tertiary/aromatic N) is 3. The highest BCUT2D eigenvalue weighted by molar-refractivity contribution is 5.94. The molecule has 6 nitrogen and oxygen atoms in total. The largest absolute Gasteiger partial charge is 0.497 e. The summed E-state index contributed by atoms with van der Waals surface area (Å²) >= 11 is 0. The zero-order chi connectivity index (χ0) is 17.9. The zero-order valence-electron chi connectivity index (χ0n) is 14.5. The first-order valence-corrected chi connectivity index (χ1v) is 8.64. The highest BCUT2D eigenvalue weighted by Gasteiger charge is 2.33. The molecule has 4 rings (SSSR count). The van der Waals surface area contributed by atoms with E-state index in [1.807, 2.05) is 24.3 Å². The smallest absolute Gasteiger partial charge is 0.251 e. The van der Waals surface area contributed by atoms with Crippen LogP contribution in [0.1, 0.15) is 34.8 Å². The molecule has 6 heteroatoms. The van der Waals surface area contributed by atoms with E-state index >= 15 is 0 Å². The Kier molecular flexibility index (Phi) is 4.39. The van der Waals surface area contributed by atoms with Gasteiger partial charge in [0.15, 0.2) is 0 Å². The van der Waals surface area contributed by atoms with Gasteiger partial charge >= 0.3 is 0 Å². The standard InChI is InChI=1S/C20H20N4O2/c1-26-17-6-4-15(5-7-17)19(14-2-3-14)23-20(25)16-8-9-22-18(12-16)24-11-10-21-13-24/h4-14,19H,2-3H2,1H3,(H,23,25). The Morgan fingerprint density at radius 1 is 1.23 bits per heavy atom. The van der Waals surface area contributed by atoms with E-state index in [1.54, 1.807) is 48.7 Å². The first-order chi connectivity index (χ1) is 12.7. The average molecular weight is 348 g/mol. The van der Waals surface area contributed by atoms with Crippen molar-refractivity contribution in [1.82, 2.24) is 19.9 Å². The van der Waals surface area contributed by atoms with Crippen LogP contribution in [0, 0.1) is 5.92 Å². The molecular formula is C20H20N4O2. The number of ether oxygens (including phenoxy) is 1. The van der Waals surface area contributed by atoms with Crippen LogP contribution >= 0.6 is 0 Å². The molecular weight excluding hydrogens is 328 g/mol. The van der Waals surface area contributed by atoms with Crippen molar-refractivity contribution in [2.75, 3.05) is 7.11 Å². The van der Waals surface area contributed by atoms with Crippen LogP contribution < -0.4 is 10.1 Å². The molecule has 0 saturated heterocycles. The van der Waals surface area contributed by atoms with Gasteiger partial charge in [0.05, 0.1) is 13.2 Å². The van der Waals surface area contributed by atoms with Gasteiger partial charge in [-0.05, 0) is 48.6 Å². The summed E-state index contributed by atoms with van der Waals surface area (Å²) in [5.41, 5.74) is 1.69. The summed E-state index contributed by atoms with van der Waals surface area (Å²) in [4.78, 5) is 21.1. The summed E-state index contributed by atoms with van der Waals surface area (Å²) < 4.78 is 7.00. The molecule has 2 aromatic heterocycles. The normalized spacial score (nSPS) is 14.7. The van der Waals surface area contributed by atoms with Crippen molar-refractivity contribution in [3.05, 3.63) is 72.4 Å². The van der Waals surface area contributed by atoms with E-state index in [9.17, 15) is 4.79 Å². The topological polar surface area (TPSA) is 69.0 Å². The Morgan fingerprint density at radius 3 is 2.69 bits per heavy atom. The Balaban J connectivity index is 1.54. The van der Waals surface area contributed by atoms with Crippen LogP contribution in [-0.4, -0.2) is 27.6 Å². The molecule has 3 aromatic rings. The van der Waals surface area contributed by atoms with Crippen LogP contribution in [-0.2, 0) is 0 Å². The van der Waals surface area contributed by atoms with E-state index in [4.69, 9.17) is 4.74 Å². The first-order valence-electron chi connectivity index (χ1n) is 8.64. The van der Waals surface area contributed by atoms with Gasteiger partial charge in [-0.1, -0.05) is 12.1 Å². The highest BCUT2D eigenvalue weighted by Crippen LogP contribution is 2.41. The lowest BCUT2D eigenvalue weighted by Gasteiger charge is -2.19. The van der Waals surface area contributed by atoms with Gasteiger partial charge < -0.3 is 10.1 Å². The third-order valence-electron chi connectivity index (χ3n) is 4.63. The van der Waals surface area contributed by atoms with Crippen molar-refractivity contribution >= 4 is 5.91 Å². The van der Waals surface area contributed by atoms with Crippen molar-refractivity contribution in [2.24, 2.45) is 5.92 Å². The predicted octanol–water partition coefficient (Wildman–Crippen LogP) is 3.16. The van der Waals surface area contributed by atoms with Gasteiger partial charge in [0, 0.05) is 24.2 Å². The van der Waals surface area contributed by atoms with Crippen LogP contribution in [0.4, 0.5) is 0 Å². The van der Waals surface area contributed by atoms with Gasteiger partial charge in [-0.2, -0.15) is 0 Å². The molecule has 1 atom stereocenters. The molecule has 1 aliphatic rings. The molecule has 132 valence electrons. The van der Waals surface area contributed by atoms with Gasteiger partial charge in [-0.15, -0.1) is 0 Å². The molecule has 0 radical (unpaired) electrons. The Bertz CT molecular complexity index is 886. The molecule has 1 aliphatic carbocycles. The van der Waals surface area contributed by atoms with E-state index in [0.29, 0.717) is 17.3 Å². The second kappa shape index (κ2) is 7.00. The summed E-state index contributed by atoms with van der Waals surface area (Å²) in [6, 6.07) is 11.4. The number of imidazole rings is 1. The maximum absolute atomic E-state index is 12.8. The fourth-order valence-corrected chi connectivity index (χ4v) is 3.03. The number of amides is 1. The quantitative estimate of drug-likeness (QED) is 0.743. The van der Waals surface area contributed by atoms with Gasteiger partial charge in [0.1, 0.15) is 17.9 Å². The van der Waals surface area contributed by atoms with Crippen molar-refractivity contribution in [2.45, 2.75) is 18.9 Å². The molecule has 1 amide bonds. The maximum atomic E-state index is 12.8. The van der Waals surface area contributed by atoms with Crippen LogP contribution in [0.2, 0.25) is 0 Å². The van der Waals surface area contributed by atoms with Crippen molar-refractivity contribution in [3.8, 4) is 11.6 Å². The summed E-state index contributed by atoms with van der Waals surface area (Å²) in [7, 11) is 1.65. The zero-order valence-corrected chi connectivity index (χ0v) is 14.5. The Morgan fingerprint density at radius 2 is 2.04 bits per heavy atom. The fraction of sp³-hybridized carbons (Fsp3) is 0.250. The summed E-state index contributed by atoms with van der Waals surface area (Å²) in [5, 5.41) is 3.19. The summed E-state index contributed by atoms with van der Waals surface area (Å²) in [6.07, 6.45) is 9.05. The second-order valence-electron chi connectivity index (χ2n) is 6.43. The number of rotatable bonds is 6. The molecule has 1 saturated carbocycles. The van der Waals surface area contributed by atoms with Gasteiger partial charge in [0.2, 0.25) is 0 Å². The average Bonchev–Trinajstić information content (AvgIpc) is 3.38.